The Bertz CT molecular complexity index is 3330. The van der Waals surface area contributed by atoms with Crippen molar-refractivity contribution in [3.05, 3.63) is 63.9 Å². The number of hydrogen-bond donors (Lipinski definition) is 15. The van der Waals surface area contributed by atoms with Crippen molar-refractivity contribution in [2.75, 3.05) is 13.2 Å². The van der Waals surface area contributed by atoms with E-state index in [1.807, 2.05) is 67.5 Å². The summed E-state index contributed by atoms with van der Waals surface area (Å²) in [7, 11) is -5.04. The number of nitrogens with two attached hydrogens (primary N) is 6. The van der Waals surface area contributed by atoms with Crippen molar-refractivity contribution < 1.29 is 71.6 Å². The van der Waals surface area contributed by atoms with Crippen LogP contribution in [0.5, 0.6) is 0 Å². The van der Waals surface area contributed by atoms with Crippen molar-refractivity contribution in [2.45, 2.75) is 207 Å². The number of rotatable bonds is 26. The average Bonchev–Trinajstić information content (AvgIpc) is 1.53. The summed E-state index contributed by atoms with van der Waals surface area (Å²) in [5.74, 6) is -6.18. The molecular weight excluding hydrogens is 1180 g/mol. The summed E-state index contributed by atoms with van der Waals surface area (Å²) >= 11 is 0. The molecule has 0 radical (unpaired) electrons. The van der Waals surface area contributed by atoms with E-state index in [-0.39, 0.29) is 76.7 Å². The second-order valence-corrected chi connectivity index (χ2v) is 29.3. The van der Waals surface area contributed by atoms with Crippen LogP contribution >= 0.6 is 7.82 Å². The zero-order chi connectivity index (χ0) is 66.7. The number of aliphatic hydroxyl groups is 2. The zero-order valence-corrected chi connectivity index (χ0v) is 54.6. The number of aryl methyl sites for hydroxylation is 2. The summed E-state index contributed by atoms with van der Waals surface area (Å²) < 4.78 is 32.4. The number of nitrogens with zero attached hydrogens (tertiary/aromatic N) is 1. The van der Waals surface area contributed by atoms with E-state index in [9.17, 15) is 53.2 Å². The molecule has 1 aromatic heterocycles. The lowest BCUT2D eigenvalue weighted by Crippen LogP contribution is -2.64. The van der Waals surface area contributed by atoms with E-state index in [0.717, 1.165) is 33.5 Å². The predicted octanol–water partition coefficient (Wildman–Crippen LogP) is 1.13. The third-order valence-electron chi connectivity index (χ3n) is 21.8. The molecule has 8 bridgehead atoms. The number of imidazole rings is 1. The van der Waals surface area contributed by atoms with Gasteiger partial charge in [0, 0.05) is 120 Å². The highest BCUT2D eigenvalue weighted by Gasteiger charge is 2.68. The molecule has 21 N–H and O–H groups in total. The molecule has 7 heterocycles. The quantitative estimate of drug-likeness (QED) is 0.0464. The van der Waals surface area contributed by atoms with Crippen molar-refractivity contribution in [3.63, 3.8) is 0 Å². The maximum absolute atomic E-state index is 14.4. The van der Waals surface area contributed by atoms with Gasteiger partial charge in [-0.05, 0) is 125 Å². The zero-order valence-electron chi connectivity index (χ0n) is 53.7. The first kappa shape index (κ1) is 69.4. The van der Waals surface area contributed by atoms with Crippen LogP contribution in [0.25, 0.3) is 11.0 Å². The molecule has 1 aromatic carbocycles. The molecule has 5 saturated heterocycles. The Morgan fingerprint density at radius 1 is 0.733 bits per heavy atom. The highest BCUT2D eigenvalue weighted by atomic mass is 31.2. The molecule has 90 heavy (non-hydrogen) atoms. The number of ether oxygens (including phenoxy) is 1. The molecule has 0 aliphatic carbocycles. The van der Waals surface area contributed by atoms with E-state index in [0.29, 0.717) is 23.3 Å². The van der Waals surface area contributed by atoms with Crippen LogP contribution < -0.4 is 65.6 Å². The van der Waals surface area contributed by atoms with Gasteiger partial charge in [-0.25, -0.2) is 9.55 Å². The predicted molar refractivity (Wildman–Crippen MR) is 331 cm³/mol. The number of fused-ring (bicyclic) bond motifs is 10. The van der Waals surface area contributed by atoms with E-state index in [1.54, 1.807) is 10.9 Å². The summed E-state index contributed by atoms with van der Waals surface area (Å²) in [6, 6.07) is 1.26. The normalized spacial score (nSPS) is 36.7. The summed E-state index contributed by atoms with van der Waals surface area (Å²) in [4.78, 5) is 108. The Balaban J connectivity index is 1.18. The monoisotopic (exact) mass is 1280 g/mol. The van der Waals surface area contributed by atoms with Crippen molar-refractivity contribution >= 4 is 60.2 Å². The molecule has 6 aliphatic heterocycles. The number of aromatic amines is 1. The van der Waals surface area contributed by atoms with Gasteiger partial charge in [0.2, 0.25) is 53.9 Å². The number of amides is 7. The SMILES string of the molecule is C/C1=C2/N[C@H]([C@H](CC(N)=O)[C@@]2(C)CCC(=O)NC[C@@H](C)OP(=O)(O)O[C@H]2[C@@H](O)[C@@H]([n+]3c[nH]c4cc(C)c(C)cc43)O[C@@H]2CO)[C@]2(C)N[C@@H](/C(C)=C3\NC(/C=C4\NC1[C@@H](CCC(N)=O)C4(C)C)[C@@H](CCC(N)=O)[C@]3(C)CC(N)=O)[C@@H](CCC(N)=O)[C@]2(C)CC(N)=O. The molecule has 6 aliphatic rings. The average molecular weight is 1280 g/mol. The highest BCUT2D eigenvalue weighted by Crippen LogP contribution is 2.62. The van der Waals surface area contributed by atoms with Crippen LogP contribution in [0.1, 0.15) is 150 Å². The minimum atomic E-state index is -5.04. The van der Waals surface area contributed by atoms with E-state index in [1.165, 1.54) is 6.92 Å². The Hall–Kier alpha value is -6.45. The van der Waals surface area contributed by atoms with Crippen LogP contribution in [0, 0.1) is 59.2 Å². The lowest BCUT2D eigenvalue weighted by atomic mass is 9.56. The van der Waals surface area contributed by atoms with Crippen LogP contribution in [0.4, 0.5) is 0 Å². The first-order chi connectivity index (χ1) is 41.8. The molecule has 0 spiro atoms. The van der Waals surface area contributed by atoms with Crippen LogP contribution in [-0.4, -0.2) is 129 Å². The fraction of sp³-hybridized carbons (Fsp3) is 0.677. The van der Waals surface area contributed by atoms with E-state index >= 15 is 0 Å². The summed E-state index contributed by atoms with van der Waals surface area (Å²) in [5, 5.41) is 40.2. The summed E-state index contributed by atoms with van der Waals surface area (Å²) in [6.07, 6.45) is -2.93. The van der Waals surface area contributed by atoms with Crippen LogP contribution in [0.2, 0.25) is 0 Å². The van der Waals surface area contributed by atoms with Gasteiger partial charge in [-0.1, -0.05) is 34.6 Å². The van der Waals surface area contributed by atoms with Gasteiger partial charge in [0.25, 0.3) is 0 Å². The standard InChI is InChI=1S/C62H96N13O14P/c1-29-20-39-40(21-30(29)2)75(28-70-39)57-52(84)53(41(27-76)87-57)89-90(85,86)88-31(3)26-69-49(83)18-19-59(8)37(22-46(66)80)56-62(11)61(10,25-48(68)82)36(14-17-45(65)79)51(74-62)33(5)55-60(9,24-47(67)81)34(12-15-43(63)77)38(71-55)23-42-58(6,7)35(13-16-44(64)78)50(72-42)32(4)54(59)73-56/h20-21,23,28,31,34-38,41,50-53,56-57,71-74,76,84H,12-19,22,24-27H2,1-11H3,(H14,63,64,65,66,67,68,69,77,78,79,80,81,82,83,85,86)/p+1/b42-23-,54-32-,55-33-/t31-,34-,35-,36-,37+,38?,41-,50?,51+,52-,53-,56-,57+,59-,60+,61+,62+/m1/s1. The Morgan fingerprint density at radius 2 is 1.31 bits per heavy atom. The molecule has 2 aromatic rings. The molecule has 5 fully saturated rings. The highest BCUT2D eigenvalue weighted by molar-refractivity contribution is 7.47. The van der Waals surface area contributed by atoms with Crippen molar-refractivity contribution in [3.8, 4) is 0 Å². The molecule has 18 atom stereocenters. The Labute approximate surface area is 525 Å². The van der Waals surface area contributed by atoms with Gasteiger partial charge in [-0.3, -0.25) is 42.6 Å². The van der Waals surface area contributed by atoms with Crippen LogP contribution in [0.15, 0.2) is 52.8 Å². The number of carbonyl (C=O) groups excluding carboxylic acids is 7. The van der Waals surface area contributed by atoms with E-state index in [4.69, 9.17) is 48.2 Å². The van der Waals surface area contributed by atoms with Gasteiger partial charge < -0.3 is 80.8 Å². The van der Waals surface area contributed by atoms with Crippen molar-refractivity contribution in [2.24, 2.45) is 79.7 Å². The first-order valence-corrected chi connectivity index (χ1v) is 32.7. The topological polar surface area (TPSA) is 461 Å². The number of benzene rings is 1. The van der Waals surface area contributed by atoms with E-state index < -0.39 is 156 Å². The second-order valence-electron chi connectivity index (χ2n) is 27.9. The number of aliphatic hydroxyl groups excluding tert-OH is 2. The maximum atomic E-state index is 14.4. The molecule has 27 nitrogen and oxygen atoms in total. The largest absolute Gasteiger partial charge is 0.472 e. The number of phosphoric acid groups is 1. The molecule has 28 heteroatoms. The van der Waals surface area contributed by atoms with Gasteiger partial charge in [0.05, 0.1) is 18.8 Å². The number of primary amides is 6. The number of phosphoric ester groups is 1. The molecular formula is C62H97N13O14P+. The molecule has 0 saturated carbocycles. The Kier molecular flexibility index (Phi) is 20.0. The molecule has 7 amide bonds. The molecule has 498 valence electrons. The van der Waals surface area contributed by atoms with Crippen molar-refractivity contribution in [1.82, 2.24) is 31.6 Å². The number of hydrogen-bond acceptors (Lipinski definition) is 17. The number of H-pyrrole nitrogens is 1. The van der Waals surface area contributed by atoms with Crippen molar-refractivity contribution in [1.29, 1.82) is 0 Å². The van der Waals surface area contributed by atoms with E-state index in [2.05, 4.69) is 51.5 Å². The van der Waals surface area contributed by atoms with Crippen LogP contribution in [-0.2, 0) is 51.9 Å². The minimum absolute atomic E-state index is 0.0176. The third kappa shape index (κ3) is 13.2. The fourth-order valence-corrected chi connectivity index (χ4v) is 17.9. The number of allylic oxidation sites excluding steroid dienone is 3. The van der Waals surface area contributed by atoms with Gasteiger partial charge in [-0.15, -0.1) is 0 Å². The minimum Gasteiger partial charge on any atom is -0.394 e. The second kappa shape index (κ2) is 25.9. The lowest BCUT2D eigenvalue weighted by molar-refractivity contribution is -0.743. The van der Waals surface area contributed by atoms with Gasteiger partial charge >= 0.3 is 7.82 Å². The summed E-state index contributed by atoms with van der Waals surface area (Å²) in [6.45, 7) is 20.1. The smallest absolute Gasteiger partial charge is 0.394 e. The molecule has 8 rings (SSSR count). The fourth-order valence-electron chi connectivity index (χ4n) is 16.7. The number of nitrogens with one attached hydrogen (secondary N) is 6. The lowest BCUT2D eigenvalue weighted by Gasteiger charge is -2.49. The van der Waals surface area contributed by atoms with Gasteiger partial charge in [0.1, 0.15) is 18.3 Å². The number of carbonyl (C=O) groups is 7. The van der Waals surface area contributed by atoms with Gasteiger partial charge in [0.15, 0.2) is 11.0 Å². The first-order valence-electron chi connectivity index (χ1n) is 31.2. The molecule has 3 unspecified atom stereocenters. The maximum Gasteiger partial charge on any atom is 0.472 e. The van der Waals surface area contributed by atoms with Gasteiger partial charge in [-0.2, -0.15) is 4.57 Å². The third-order valence-corrected chi connectivity index (χ3v) is 22.9. The Morgan fingerprint density at radius 3 is 1.90 bits per heavy atom. The number of aromatic nitrogens is 2. The van der Waals surface area contributed by atoms with Crippen LogP contribution in [0.3, 0.4) is 0 Å². The summed E-state index contributed by atoms with van der Waals surface area (Å²) in [5.41, 5.74) is 38.1.